The highest BCUT2D eigenvalue weighted by molar-refractivity contribution is 5.98. The van der Waals surface area contributed by atoms with E-state index in [2.05, 4.69) is 24.3 Å². The van der Waals surface area contributed by atoms with Gasteiger partial charge in [-0.2, -0.15) is 5.26 Å². The number of benzene rings is 3. The highest BCUT2D eigenvalue weighted by Gasteiger charge is 2.11. The second kappa shape index (κ2) is 4.98. The quantitative estimate of drug-likeness (QED) is 0.496. The first-order valence-electron chi connectivity index (χ1n) is 7.15. The van der Waals surface area contributed by atoms with Crippen LogP contribution in [-0.2, 0) is 0 Å². The van der Waals surface area contributed by atoms with Crippen LogP contribution in [0.3, 0.4) is 0 Å². The van der Waals surface area contributed by atoms with Gasteiger partial charge in [0.1, 0.15) is 6.07 Å². The summed E-state index contributed by atoms with van der Waals surface area (Å²) in [6, 6.07) is 26.4. The summed E-state index contributed by atoms with van der Waals surface area (Å²) >= 11 is 0. The monoisotopic (exact) mass is 280 g/mol. The summed E-state index contributed by atoms with van der Waals surface area (Å²) < 4.78 is 0. The first-order chi connectivity index (χ1) is 10.9. The lowest BCUT2D eigenvalue weighted by atomic mass is 9.98. The van der Waals surface area contributed by atoms with E-state index in [0.717, 1.165) is 32.9 Å². The fourth-order valence-corrected chi connectivity index (χ4v) is 2.84. The predicted octanol–water partition coefficient (Wildman–Crippen LogP) is 4.93. The molecule has 0 bridgehead atoms. The molecule has 2 heteroatoms. The normalized spacial score (nSPS) is 10.7. The van der Waals surface area contributed by atoms with E-state index in [1.54, 1.807) is 0 Å². The zero-order valence-corrected chi connectivity index (χ0v) is 11.8. The molecule has 0 aliphatic carbocycles. The molecule has 0 fully saturated rings. The molecule has 0 saturated heterocycles. The third-order valence-electron chi connectivity index (χ3n) is 3.89. The van der Waals surface area contributed by atoms with E-state index >= 15 is 0 Å². The molecule has 0 aliphatic heterocycles. The van der Waals surface area contributed by atoms with Gasteiger partial charge in [-0.25, -0.2) is 4.98 Å². The third-order valence-corrected chi connectivity index (χ3v) is 3.89. The molecule has 0 unspecified atom stereocenters. The molecule has 3 aromatic carbocycles. The number of aromatic nitrogens is 1. The lowest BCUT2D eigenvalue weighted by Gasteiger charge is -2.09. The van der Waals surface area contributed by atoms with E-state index in [9.17, 15) is 5.26 Å². The average molecular weight is 280 g/mol. The van der Waals surface area contributed by atoms with Crippen LogP contribution in [0, 0.1) is 11.3 Å². The van der Waals surface area contributed by atoms with Gasteiger partial charge in [-0.3, -0.25) is 0 Å². The second-order valence-electron chi connectivity index (χ2n) is 5.22. The van der Waals surface area contributed by atoms with Crippen molar-refractivity contribution in [3.8, 4) is 17.3 Å². The maximum absolute atomic E-state index is 9.52. The standard InChI is InChI=1S/C20H12N2/c21-13-16-12-15-7-2-4-11-19(15)22-20(16)18-10-5-8-14-6-1-3-9-17(14)18/h1-12H. The minimum atomic E-state index is 0.607. The molecule has 0 aliphatic rings. The highest BCUT2D eigenvalue weighted by Crippen LogP contribution is 2.31. The highest BCUT2D eigenvalue weighted by atomic mass is 14.7. The molecule has 4 rings (SSSR count). The summed E-state index contributed by atoms with van der Waals surface area (Å²) in [5.74, 6) is 0. The molecule has 0 radical (unpaired) electrons. The zero-order chi connectivity index (χ0) is 14.9. The van der Waals surface area contributed by atoms with Gasteiger partial charge in [0, 0.05) is 10.9 Å². The number of fused-ring (bicyclic) bond motifs is 2. The van der Waals surface area contributed by atoms with Gasteiger partial charge in [-0.1, -0.05) is 60.7 Å². The third kappa shape index (κ3) is 1.92. The molecule has 0 atom stereocenters. The van der Waals surface area contributed by atoms with Crippen LogP contribution >= 0.6 is 0 Å². The van der Waals surface area contributed by atoms with Crippen molar-refractivity contribution in [1.29, 1.82) is 5.26 Å². The van der Waals surface area contributed by atoms with Crippen LogP contribution in [0.5, 0.6) is 0 Å². The van der Waals surface area contributed by atoms with Crippen LogP contribution in [0.25, 0.3) is 32.9 Å². The minimum absolute atomic E-state index is 0.607. The van der Waals surface area contributed by atoms with Crippen molar-refractivity contribution in [2.24, 2.45) is 0 Å². The van der Waals surface area contributed by atoms with Crippen molar-refractivity contribution in [2.75, 3.05) is 0 Å². The Labute approximate surface area is 128 Å². The summed E-state index contributed by atoms with van der Waals surface area (Å²) in [7, 11) is 0. The van der Waals surface area contributed by atoms with Crippen LogP contribution in [0.1, 0.15) is 5.56 Å². The van der Waals surface area contributed by atoms with Gasteiger partial charge in [0.25, 0.3) is 0 Å². The van der Waals surface area contributed by atoms with Crippen molar-refractivity contribution in [1.82, 2.24) is 4.98 Å². The van der Waals surface area contributed by atoms with E-state index in [1.807, 2.05) is 54.6 Å². The Balaban J connectivity index is 2.10. The van der Waals surface area contributed by atoms with Crippen LogP contribution in [-0.4, -0.2) is 4.98 Å². The van der Waals surface area contributed by atoms with Gasteiger partial charge in [0.15, 0.2) is 0 Å². The molecule has 4 aromatic rings. The molecule has 0 amide bonds. The fourth-order valence-electron chi connectivity index (χ4n) is 2.84. The molecular weight excluding hydrogens is 268 g/mol. The van der Waals surface area contributed by atoms with Gasteiger partial charge < -0.3 is 0 Å². The zero-order valence-electron chi connectivity index (χ0n) is 11.8. The molecule has 1 aromatic heterocycles. The Morgan fingerprint density at radius 1 is 0.773 bits per heavy atom. The number of nitrogens with zero attached hydrogens (tertiary/aromatic N) is 2. The molecule has 102 valence electrons. The van der Waals surface area contributed by atoms with E-state index in [4.69, 9.17) is 4.98 Å². The molecule has 22 heavy (non-hydrogen) atoms. The van der Waals surface area contributed by atoms with Crippen LogP contribution in [0.15, 0.2) is 72.8 Å². The number of para-hydroxylation sites is 1. The Hall–Kier alpha value is -3.18. The molecule has 1 heterocycles. The predicted molar refractivity (Wildman–Crippen MR) is 89.4 cm³/mol. The average Bonchev–Trinajstić information content (AvgIpc) is 2.60. The maximum Gasteiger partial charge on any atom is 0.101 e. The molecule has 0 N–H and O–H groups in total. The largest absolute Gasteiger partial charge is 0.246 e. The fraction of sp³-hybridized carbons (Fsp3) is 0. The maximum atomic E-state index is 9.52. The second-order valence-corrected chi connectivity index (χ2v) is 5.22. The molecular formula is C20H12N2. The number of hydrogen-bond acceptors (Lipinski definition) is 2. The van der Waals surface area contributed by atoms with Crippen LogP contribution < -0.4 is 0 Å². The Morgan fingerprint density at radius 2 is 1.50 bits per heavy atom. The lowest BCUT2D eigenvalue weighted by molar-refractivity contribution is 1.37. The Morgan fingerprint density at radius 3 is 2.36 bits per heavy atom. The first kappa shape index (κ1) is 12.6. The smallest absolute Gasteiger partial charge is 0.101 e. The van der Waals surface area contributed by atoms with Crippen molar-refractivity contribution < 1.29 is 0 Å². The van der Waals surface area contributed by atoms with E-state index in [-0.39, 0.29) is 0 Å². The van der Waals surface area contributed by atoms with E-state index in [1.165, 1.54) is 0 Å². The van der Waals surface area contributed by atoms with Gasteiger partial charge in [-0.05, 0) is 22.9 Å². The topological polar surface area (TPSA) is 36.7 Å². The summed E-state index contributed by atoms with van der Waals surface area (Å²) in [6.45, 7) is 0. The first-order valence-corrected chi connectivity index (χ1v) is 7.15. The van der Waals surface area contributed by atoms with Crippen molar-refractivity contribution in [2.45, 2.75) is 0 Å². The summed E-state index contributed by atoms with van der Waals surface area (Å²) in [5.41, 5.74) is 3.26. The Bertz CT molecular complexity index is 1040. The number of rotatable bonds is 1. The van der Waals surface area contributed by atoms with Crippen LogP contribution in [0.4, 0.5) is 0 Å². The van der Waals surface area contributed by atoms with Crippen molar-refractivity contribution in [3.63, 3.8) is 0 Å². The SMILES string of the molecule is N#Cc1cc2ccccc2nc1-c1cccc2ccccc12. The summed E-state index contributed by atoms with van der Waals surface area (Å²) in [4.78, 5) is 4.74. The number of hydrogen-bond donors (Lipinski definition) is 0. The molecule has 0 spiro atoms. The van der Waals surface area contributed by atoms with Crippen LogP contribution in [0.2, 0.25) is 0 Å². The van der Waals surface area contributed by atoms with Crippen molar-refractivity contribution >= 4 is 21.7 Å². The number of nitriles is 1. The van der Waals surface area contributed by atoms with Crippen molar-refractivity contribution in [3.05, 3.63) is 78.4 Å². The Kier molecular flexibility index (Phi) is 2.84. The van der Waals surface area contributed by atoms with Gasteiger partial charge >= 0.3 is 0 Å². The molecule has 2 nitrogen and oxygen atoms in total. The lowest BCUT2D eigenvalue weighted by Crippen LogP contribution is -1.92. The molecule has 0 saturated carbocycles. The van der Waals surface area contributed by atoms with E-state index in [0.29, 0.717) is 5.56 Å². The summed E-state index contributed by atoms with van der Waals surface area (Å²) in [5, 5.41) is 12.8. The number of pyridine rings is 1. The van der Waals surface area contributed by atoms with Gasteiger partial charge in [0.2, 0.25) is 0 Å². The minimum Gasteiger partial charge on any atom is -0.246 e. The van der Waals surface area contributed by atoms with Gasteiger partial charge in [0.05, 0.1) is 16.8 Å². The van der Waals surface area contributed by atoms with E-state index < -0.39 is 0 Å². The van der Waals surface area contributed by atoms with Gasteiger partial charge in [-0.15, -0.1) is 0 Å². The summed E-state index contributed by atoms with van der Waals surface area (Å²) in [6.07, 6.45) is 0.